The molecular formula is C17H16F4O4S. The number of hydrogen-bond donors (Lipinski definition) is 1. The molecule has 0 spiro atoms. The summed E-state index contributed by atoms with van der Waals surface area (Å²) in [5, 5.41) is 0. The average molecular weight is 392 g/mol. The van der Waals surface area contributed by atoms with Gasteiger partial charge in [0.25, 0.3) is 10.1 Å². The zero-order valence-corrected chi connectivity index (χ0v) is 14.7. The first kappa shape index (κ1) is 20.2. The van der Waals surface area contributed by atoms with Crippen molar-refractivity contribution in [3.05, 3.63) is 47.5 Å². The highest BCUT2D eigenvalue weighted by Crippen LogP contribution is 2.40. The van der Waals surface area contributed by atoms with Crippen molar-refractivity contribution < 1.29 is 35.3 Å². The lowest BCUT2D eigenvalue weighted by atomic mass is 9.95. The van der Waals surface area contributed by atoms with Crippen LogP contribution in [0.15, 0.2) is 41.3 Å². The van der Waals surface area contributed by atoms with E-state index in [1.54, 1.807) is 38.1 Å². The van der Waals surface area contributed by atoms with E-state index in [4.69, 9.17) is 4.74 Å². The van der Waals surface area contributed by atoms with E-state index in [1.807, 2.05) is 0 Å². The second kappa shape index (κ2) is 7.24. The lowest BCUT2D eigenvalue weighted by Gasteiger charge is -2.21. The topological polar surface area (TPSA) is 63.6 Å². The maximum absolute atomic E-state index is 13.3. The van der Waals surface area contributed by atoms with Gasteiger partial charge in [-0.15, -0.1) is 0 Å². The summed E-state index contributed by atoms with van der Waals surface area (Å²) < 4.78 is 88.9. The number of ether oxygens (including phenoxy) is 1. The minimum Gasteiger partial charge on any atom is -0.485 e. The van der Waals surface area contributed by atoms with Gasteiger partial charge in [-0.1, -0.05) is 30.3 Å². The molecule has 0 aliphatic carbocycles. The molecule has 0 aromatic heterocycles. The third kappa shape index (κ3) is 4.16. The van der Waals surface area contributed by atoms with E-state index in [2.05, 4.69) is 0 Å². The number of aryl methyl sites for hydroxylation is 2. The summed E-state index contributed by atoms with van der Waals surface area (Å²) in [6.45, 7) is 1.54. The second-order valence-corrected chi connectivity index (χ2v) is 7.12. The van der Waals surface area contributed by atoms with Crippen molar-refractivity contribution in [2.24, 2.45) is 0 Å². The molecule has 0 bridgehead atoms. The van der Waals surface area contributed by atoms with E-state index in [0.717, 1.165) is 6.07 Å². The monoisotopic (exact) mass is 392 g/mol. The van der Waals surface area contributed by atoms with Crippen LogP contribution in [0.3, 0.4) is 0 Å². The van der Waals surface area contributed by atoms with Gasteiger partial charge in [0.15, 0.2) is 6.61 Å². The molecule has 0 atom stereocenters. The van der Waals surface area contributed by atoms with Gasteiger partial charge in [-0.2, -0.15) is 17.2 Å². The van der Waals surface area contributed by atoms with Gasteiger partial charge in [-0.25, -0.2) is 8.78 Å². The van der Waals surface area contributed by atoms with Crippen LogP contribution in [0.2, 0.25) is 0 Å². The maximum atomic E-state index is 13.3. The fourth-order valence-electron chi connectivity index (χ4n) is 2.43. The summed E-state index contributed by atoms with van der Waals surface area (Å²) in [5.74, 6) is -5.08. The van der Waals surface area contributed by atoms with Crippen molar-refractivity contribution in [1.82, 2.24) is 0 Å². The van der Waals surface area contributed by atoms with Crippen molar-refractivity contribution in [2.45, 2.75) is 31.1 Å². The van der Waals surface area contributed by atoms with Gasteiger partial charge in [0.2, 0.25) is 0 Å². The van der Waals surface area contributed by atoms with Crippen LogP contribution in [-0.2, 0) is 10.1 Å². The molecule has 0 saturated carbocycles. The van der Waals surface area contributed by atoms with Crippen LogP contribution < -0.4 is 4.74 Å². The highest BCUT2D eigenvalue weighted by molar-refractivity contribution is 7.86. The molecule has 0 unspecified atom stereocenters. The molecule has 0 saturated heterocycles. The Morgan fingerprint density at radius 2 is 1.69 bits per heavy atom. The van der Waals surface area contributed by atoms with E-state index >= 15 is 0 Å². The first-order valence-corrected chi connectivity index (χ1v) is 8.85. The Balaban J connectivity index is 2.70. The van der Waals surface area contributed by atoms with E-state index in [-0.39, 0.29) is 5.56 Å². The van der Waals surface area contributed by atoms with Crippen molar-refractivity contribution in [1.29, 1.82) is 0 Å². The number of halogens is 4. The van der Waals surface area contributed by atoms with Gasteiger partial charge in [-0.3, -0.25) is 4.55 Å². The molecule has 0 aliphatic rings. The van der Waals surface area contributed by atoms with Crippen LogP contribution in [0, 0.1) is 13.8 Å². The van der Waals surface area contributed by atoms with Crippen molar-refractivity contribution in [2.75, 3.05) is 6.61 Å². The maximum Gasteiger partial charge on any atom is 0.340 e. The zero-order valence-electron chi connectivity index (χ0n) is 13.8. The van der Waals surface area contributed by atoms with Gasteiger partial charge in [0.05, 0.1) is 0 Å². The third-order valence-corrected chi connectivity index (χ3v) is 4.63. The number of alkyl halides is 4. The Hall–Kier alpha value is -2.13. The molecule has 142 valence electrons. The van der Waals surface area contributed by atoms with E-state index in [1.165, 1.54) is 6.07 Å². The Morgan fingerprint density at radius 3 is 2.23 bits per heavy atom. The van der Waals surface area contributed by atoms with Gasteiger partial charge in [0.1, 0.15) is 10.6 Å². The molecule has 0 aliphatic heterocycles. The quantitative estimate of drug-likeness (QED) is 0.581. The minimum absolute atomic E-state index is 0.128. The summed E-state index contributed by atoms with van der Waals surface area (Å²) >= 11 is 0. The largest absolute Gasteiger partial charge is 0.485 e. The average Bonchev–Trinajstić information content (AvgIpc) is 2.52. The van der Waals surface area contributed by atoms with Gasteiger partial charge >= 0.3 is 12.3 Å². The standard InChI is InChI=1S/C17H16F4O4S/c1-10-5-3-4-6-12(10)14-11(2)7-8-13(26(22,23)24)15(14)25-9-17(20,21)16(18)19/h3-8,16H,9H2,1-2H3,(H,22,23,24). The van der Waals surface area contributed by atoms with Crippen LogP contribution >= 0.6 is 0 Å². The Bertz CT molecular complexity index is 911. The van der Waals surface area contributed by atoms with Crippen LogP contribution in [-0.4, -0.2) is 31.9 Å². The second-order valence-electron chi connectivity index (χ2n) is 5.73. The van der Waals surface area contributed by atoms with Crippen LogP contribution in [0.1, 0.15) is 11.1 Å². The molecule has 9 heteroatoms. The van der Waals surface area contributed by atoms with Crippen molar-refractivity contribution in [3.8, 4) is 16.9 Å². The molecule has 0 heterocycles. The zero-order chi connectivity index (χ0) is 19.7. The minimum atomic E-state index is -4.84. The van der Waals surface area contributed by atoms with E-state index in [9.17, 15) is 30.5 Å². The predicted octanol–water partition coefficient (Wildman–Crippen LogP) is 4.50. The molecule has 0 fully saturated rings. The summed E-state index contributed by atoms with van der Waals surface area (Å²) in [4.78, 5) is -0.772. The van der Waals surface area contributed by atoms with Crippen molar-refractivity contribution >= 4 is 10.1 Å². The molecule has 0 radical (unpaired) electrons. The van der Waals surface area contributed by atoms with Crippen molar-refractivity contribution in [3.63, 3.8) is 0 Å². The van der Waals surface area contributed by atoms with Crippen LogP contribution in [0.25, 0.3) is 11.1 Å². The Kier molecular flexibility index (Phi) is 5.62. The molecule has 2 aromatic rings. The van der Waals surface area contributed by atoms with E-state index < -0.39 is 39.7 Å². The Labute approximate surface area is 148 Å². The van der Waals surface area contributed by atoms with Gasteiger partial charge < -0.3 is 4.74 Å². The van der Waals surface area contributed by atoms with Crippen LogP contribution in [0.4, 0.5) is 17.6 Å². The number of benzene rings is 2. The SMILES string of the molecule is Cc1ccccc1-c1c(C)ccc(S(=O)(=O)O)c1OCC(F)(F)C(F)F. The fraction of sp³-hybridized carbons (Fsp3) is 0.294. The van der Waals surface area contributed by atoms with Crippen LogP contribution in [0.5, 0.6) is 5.75 Å². The lowest BCUT2D eigenvalue weighted by molar-refractivity contribution is -0.148. The molecule has 2 rings (SSSR count). The Morgan fingerprint density at radius 1 is 1.08 bits per heavy atom. The smallest absolute Gasteiger partial charge is 0.340 e. The summed E-state index contributed by atoms with van der Waals surface area (Å²) in [5.41, 5.74) is 1.73. The molecule has 1 N–H and O–H groups in total. The highest BCUT2D eigenvalue weighted by Gasteiger charge is 2.42. The predicted molar refractivity (Wildman–Crippen MR) is 87.6 cm³/mol. The highest BCUT2D eigenvalue weighted by atomic mass is 32.2. The molecule has 2 aromatic carbocycles. The number of hydrogen-bond acceptors (Lipinski definition) is 3. The first-order chi connectivity index (χ1) is 11.9. The third-order valence-electron chi connectivity index (χ3n) is 3.75. The molecular weight excluding hydrogens is 376 g/mol. The molecule has 4 nitrogen and oxygen atoms in total. The summed E-state index contributed by atoms with van der Waals surface area (Å²) in [7, 11) is -4.84. The lowest BCUT2D eigenvalue weighted by Crippen LogP contribution is -2.34. The molecule has 0 amide bonds. The summed E-state index contributed by atoms with van der Waals surface area (Å²) in [6.07, 6.45) is -3.98. The van der Waals surface area contributed by atoms with Gasteiger partial charge in [0, 0.05) is 5.56 Å². The number of rotatable bonds is 6. The van der Waals surface area contributed by atoms with E-state index in [0.29, 0.717) is 16.7 Å². The summed E-state index contributed by atoms with van der Waals surface area (Å²) in [6, 6.07) is 8.99. The normalized spacial score (nSPS) is 12.5. The first-order valence-electron chi connectivity index (χ1n) is 7.41. The van der Waals surface area contributed by atoms with Gasteiger partial charge in [-0.05, 0) is 36.6 Å². The fourth-order valence-corrected chi connectivity index (χ4v) is 3.06. The molecule has 26 heavy (non-hydrogen) atoms.